The van der Waals surface area contributed by atoms with Gasteiger partial charge < -0.3 is 69.6 Å². The van der Waals surface area contributed by atoms with Crippen LogP contribution >= 0.6 is 0 Å². The van der Waals surface area contributed by atoms with Crippen molar-refractivity contribution in [3.8, 4) is 0 Å². The molecular weight excluding hydrogens is 740 g/mol. The molecule has 2 saturated heterocycles. The Bertz CT molecular complexity index is 1460. The van der Waals surface area contributed by atoms with E-state index >= 15 is 0 Å². The molecule has 14 heteroatoms. The number of fused-ring (bicyclic) bond motifs is 5. The Morgan fingerprint density at radius 1 is 0.789 bits per heavy atom. The molecule has 0 aromatic carbocycles. The average Bonchev–Trinajstić information content (AvgIpc) is 3.44. The first-order valence-electron chi connectivity index (χ1n) is 21.1. The lowest BCUT2D eigenvalue weighted by Gasteiger charge is -2.67. The number of ether oxygens (including phenoxy) is 5. The number of rotatable bonds is 11. The van der Waals surface area contributed by atoms with Crippen LogP contribution in [0.15, 0.2) is 23.3 Å². The summed E-state index contributed by atoms with van der Waals surface area (Å²) in [6.07, 6.45) is -7.08. The first-order valence-corrected chi connectivity index (χ1v) is 21.1. The molecule has 328 valence electrons. The van der Waals surface area contributed by atoms with E-state index in [1.54, 1.807) is 13.2 Å². The van der Waals surface area contributed by atoms with Gasteiger partial charge in [-0.3, -0.25) is 0 Å². The molecule has 0 unspecified atom stereocenters. The van der Waals surface area contributed by atoms with E-state index < -0.39 is 92.2 Å². The van der Waals surface area contributed by atoms with Crippen molar-refractivity contribution in [3.05, 3.63) is 23.3 Å². The molecule has 6 rings (SSSR count). The Kier molecular flexibility index (Phi) is 13.3. The van der Waals surface area contributed by atoms with Crippen molar-refractivity contribution >= 4 is 0 Å². The molecule has 9 N–H and O–H groups in total. The fourth-order valence-corrected chi connectivity index (χ4v) is 12.8. The van der Waals surface area contributed by atoms with Gasteiger partial charge in [0.2, 0.25) is 0 Å². The zero-order valence-corrected chi connectivity index (χ0v) is 35.3. The quantitative estimate of drug-likeness (QED) is 0.135. The summed E-state index contributed by atoms with van der Waals surface area (Å²) in [5, 5.41) is 94.9. The zero-order valence-electron chi connectivity index (χ0n) is 35.3. The third-order valence-electron chi connectivity index (χ3n) is 16.4. The van der Waals surface area contributed by atoms with E-state index in [-0.39, 0.29) is 52.1 Å². The third kappa shape index (κ3) is 7.43. The zero-order chi connectivity index (χ0) is 42.2. The van der Waals surface area contributed by atoms with Crippen molar-refractivity contribution < 1.29 is 69.6 Å². The van der Waals surface area contributed by atoms with Crippen LogP contribution in [0.2, 0.25) is 0 Å². The van der Waals surface area contributed by atoms with Crippen molar-refractivity contribution in [2.75, 3.05) is 20.3 Å². The van der Waals surface area contributed by atoms with Gasteiger partial charge in [-0.2, -0.15) is 0 Å². The van der Waals surface area contributed by atoms with E-state index in [1.807, 2.05) is 13.8 Å². The van der Waals surface area contributed by atoms with Gasteiger partial charge in [0.05, 0.1) is 31.5 Å². The molecule has 21 atom stereocenters. The lowest BCUT2D eigenvalue weighted by atomic mass is 9.38. The van der Waals surface area contributed by atoms with Crippen LogP contribution in [0.1, 0.15) is 93.9 Å². The molecule has 0 aromatic rings. The fraction of sp³-hybridized carbons (Fsp3) is 0.907. The minimum absolute atomic E-state index is 0.107. The molecule has 3 saturated carbocycles. The number of aliphatic hydroxyl groups is 9. The molecule has 0 bridgehead atoms. The van der Waals surface area contributed by atoms with Crippen LogP contribution in [-0.2, 0) is 23.7 Å². The molecule has 4 aliphatic carbocycles. The normalized spacial score (nSPS) is 49.8. The highest BCUT2D eigenvalue weighted by Crippen LogP contribution is 2.75. The molecule has 2 aliphatic heterocycles. The van der Waals surface area contributed by atoms with Gasteiger partial charge in [-0.05, 0) is 86.4 Å². The van der Waals surface area contributed by atoms with Crippen molar-refractivity contribution in [1.82, 2.24) is 0 Å². The topological polar surface area (TPSA) is 228 Å². The standard InChI is InChI=1S/C43H72O14/c1-20(2)16-25(54-38-35(51)33(49)31(47)27(18-44)55-38)30(46)21(3)22-12-13-43(8)37-26(53-9)17-24-23(41(37,6)14-15-42(22,43)7)10-11-29(40(24,4)5)57-39-36(52)34(50)32(48)28(19-45)56-39/h16-17,21-23,25-39,44-52H,10-15,18-19H2,1-9H3/t21-,22+,23+,25-,26-,27+,28+,29-,30-,31+,32+,33+,34+,35+,36+,37+,38+,39-,41-,42+,43-/m0/s1. The van der Waals surface area contributed by atoms with Gasteiger partial charge in [0.1, 0.15) is 54.9 Å². The number of methoxy groups -OCH3 is 1. The predicted molar refractivity (Wildman–Crippen MR) is 207 cm³/mol. The van der Waals surface area contributed by atoms with Gasteiger partial charge >= 0.3 is 0 Å². The van der Waals surface area contributed by atoms with Crippen molar-refractivity contribution in [2.24, 2.45) is 45.3 Å². The number of hydrogen-bond acceptors (Lipinski definition) is 14. The SMILES string of the molecule is CO[C@H]1C=C2[C@@H](CC[C@H](O[C@@H]3O[C@H](CO)[C@@H](O)[C@@H](O)[C@H]3O)C2(C)C)[C@]2(C)CC[C@]3(C)[C@@H]([C@H](C)[C@H](O)[C@H](C=C(C)C)O[C@@H]4O[C@H](CO)[C@@H](O)[C@@H](O)[C@H]4O)CC[C@@]3(C)[C@H]12. The van der Waals surface area contributed by atoms with E-state index in [4.69, 9.17) is 23.7 Å². The van der Waals surface area contributed by atoms with Gasteiger partial charge in [0.25, 0.3) is 0 Å². The van der Waals surface area contributed by atoms with Crippen LogP contribution in [0.3, 0.4) is 0 Å². The highest BCUT2D eigenvalue weighted by Gasteiger charge is 2.70. The van der Waals surface area contributed by atoms with E-state index in [0.717, 1.165) is 37.7 Å². The Morgan fingerprint density at radius 2 is 1.37 bits per heavy atom. The van der Waals surface area contributed by atoms with Gasteiger partial charge in [-0.15, -0.1) is 0 Å². The summed E-state index contributed by atoms with van der Waals surface area (Å²) in [6, 6.07) is 0. The third-order valence-corrected chi connectivity index (χ3v) is 16.4. The molecule has 57 heavy (non-hydrogen) atoms. The second kappa shape index (κ2) is 16.7. The van der Waals surface area contributed by atoms with E-state index in [0.29, 0.717) is 6.42 Å². The van der Waals surface area contributed by atoms with Crippen LogP contribution in [0.4, 0.5) is 0 Å². The summed E-state index contributed by atoms with van der Waals surface area (Å²) in [5.74, 6) is 0.261. The molecule has 0 radical (unpaired) electrons. The molecule has 0 aromatic heterocycles. The monoisotopic (exact) mass is 812 g/mol. The van der Waals surface area contributed by atoms with Crippen LogP contribution in [-0.4, -0.2) is 152 Å². The lowest BCUT2D eigenvalue weighted by molar-refractivity contribution is -0.320. The van der Waals surface area contributed by atoms with Crippen molar-refractivity contribution in [1.29, 1.82) is 0 Å². The van der Waals surface area contributed by atoms with Gasteiger partial charge in [-0.1, -0.05) is 64.8 Å². The van der Waals surface area contributed by atoms with Gasteiger partial charge in [0.15, 0.2) is 12.6 Å². The largest absolute Gasteiger partial charge is 0.394 e. The second-order valence-electron chi connectivity index (χ2n) is 19.9. The van der Waals surface area contributed by atoms with E-state index in [9.17, 15) is 46.0 Å². The highest BCUT2D eigenvalue weighted by atomic mass is 16.7. The summed E-state index contributed by atoms with van der Waals surface area (Å²) in [5.41, 5.74) is 1.16. The minimum atomic E-state index is -1.59. The summed E-state index contributed by atoms with van der Waals surface area (Å²) >= 11 is 0. The first-order chi connectivity index (χ1) is 26.6. The molecule has 2 heterocycles. The van der Waals surface area contributed by atoms with Crippen LogP contribution in [0.25, 0.3) is 0 Å². The summed E-state index contributed by atoms with van der Waals surface area (Å²) in [6.45, 7) is 16.3. The van der Waals surface area contributed by atoms with Crippen LogP contribution in [0, 0.1) is 45.3 Å². The van der Waals surface area contributed by atoms with Crippen LogP contribution < -0.4 is 0 Å². The Balaban J connectivity index is 1.25. The molecule has 6 aliphatic rings. The van der Waals surface area contributed by atoms with Gasteiger partial charge in [0, 0.05) is 18.4 Å². The Labute approximate surface area is 337 Å². The maximum atomic E-state index is 12.2. The van der Waals surface area contributed by atoms with Crippen molar-refractivity contribution in [3.63, 3.8) is 0 Å². The van der Waals surface area contributed by atoms with Gasteiger partial charge in [-0.25, -0.2) is 0 Å². The number of allylic oxidation sites excluding steroid dienone is 1. The molecule has 0 amide bonds. The Morgan fingerprint density at radius 3 is 1.93 bits per heavy atom. The Hall–Kier alpha value is -1.08. The summed E-state index contributed by atoms with van der Waals surface area (Å²) < 4.78 is 30.6. The maximum Gasteiger partial charge on any atom is 0.187 e. The maximum absolute atomic E-state index is 12.2. The first kappa shape index (κ1) is 45.4. The molecular formula is C43H72O14. The minimum Gasteiger partial charge on any atom is -0.394 e. The van der Waals surface area contributed by atoms with E-state index in [1.165, 1.54) is 5.57 Å². The average molecular weight is 813 g/mol. The summed E-state index contributed by atoms with van der Waals surface area (Å²) in [7, 11) is 1.77. The second-order valence-corrected chi connectivity index (χ2v) is 19.9. The van der Waals surface area contributed by atoms with Crippen LogP contribution in [0.5, 0.6) is 0 Å². The number of hydrogen-bond donors (Lipinski definition) is 9. The lowest BCUT2D eigenvalue weighted by Crippen LogP contribution is -2.64. The smallest absolute Gasteiger partial charge is 0.187 e. The summed E-state index contributed by atoms with van der Waals surface area (Å²) in [4.78, 5) is 0. The highest BCUT2D eigenvalue weighted by molar-refractivity contribution is 5.33. The van der Waals surface area contributed by atoms with E-state index in [2.05, 4.69) is 47.6 Å². The molecule has 14 nitrogen and oxygen atoms in total. The molecule has 5 fully saturated rings. The predicted octanol–water partition coefficient (Wildman–Crippen LogP) is 1.55. The van der Waals surface area contributed by atoms with Crippen molar-refractivity contribution in [2.45, 2.75) is 180 Å². The fourth-order valence-electron chi connectivity index (χ4n) is 12.8. The molecule has 0 spiro atoms. The number of aliphatic hydroxyl groups excluding tert-OH is 9.